The number of nitrogens with zero attached hydrogens (tertiary/aromatic N) is 2. The Balaban J connectivity index is 2.43. The normalized spacial score (nSPS) is 12.4. The van der Waals surface area contributed by atoms with Crippen molar-refractivity contribution in [3.05, 3.63) is 24.3 Å². The highest BCUT2D eigenvalue weighted by molar-refractivity contribution is 5.91. The maximum Gasteiger partial charge on any atom is 0.326 e. The Hall–Kier alpha value is -2.44. The van der Waals surface area contributed by atoms with Gasteiger partial charge in [0.05, 0.1) is 7.11 Å². The highest BCUT2D eigenvalue weighted by Crippen LogP contribution is 2.28. The predicted octanol–water partition coefficient (Wildman–Crippen LogP) is 2.69. The van der Waals surface area contributed by atoms with Crippen LogP contribution in [0.4, 0.5) is 10.2 Å². The minimum Gasteiger partial charge on any atom is -0.494 e. The van der Waals surface area contributed by atoms with Crippen LogP contribution in [0.3, 0.4) is 0 Å². The summed E-state index contributed by atoms with van der Waals surface area (Å²) in [5, 5.41) is 12.6. The van der Waals surface area contributed by atoms with E-state index in [1.54, 1.807) is 6.07 Å². The summed E-state index contributed by atoms with van der Waals surface area (Å²) >= 11 is 0. The zero-order valence-electron chi connectivity index (χ0n) is 12.6. The van der Waals surface area contributed by atoms with Gasteiger partial charge in [-0.25, -0.2) is 19.2 Å². The van der Waals surface area contributed by atoms with E-state index in [-0.39, 0.29) is 17.2 Å². The highest BCUT2D eigenvalue weighted by atomic mass is 19.1. The molecule has 22 heavy (non-hydrogen) atoms. The van der Waals surface area contributed by atoms with Gasteiger partial charge in [0, 0.05) is 5.39 Å². The van der Waals surface area contributed by atoms with Gasteiger partial charge in [-0.3, -0.25) is 0 Å². The average molecular weight is 307 g/mol. The van der Waals surface area contributed by atoms with Gasteiger partial charge in [-0.15, -0.1) is 0 Å². The summed E-state index contributed by atoms with van der Waals surface area (Å²) in [5.41, 5.74) is 0.0885. The first-order valence-electron chi connectivity index (χ1n) is 6.90. The molecule has 0 spiro atoms. The van der Waals surface area contributed by atoms with Gasteiger partial charge in [0.25, 0.3) is 0 Å². The SMILES string of the molecule is COc1ccc2c(N[C@@H](CC(C)C)C(=O)O)ncnc2c1F. The molecule has 0 aliphatic heterocycles. The van der Waals surface area contributed by atoms with Gasteiger partial charge in [0.1, 0.15) is 23.7 Å². The lowest BCUT2D eigenvalue weighted by molar-refractivity contribution is -0.138. The molecule has 0 aliphatic carbocycles. The van der Waals surface area contributed by atoms with Crippen LogP contribution in [0.5, 0.6) is 5.75 Å². The Kier molecular flexibility index (Phi) is 4.75. The number of aliphatic carboxylic acids is 1. The van der Waals surface area contributed by atoms with Crippen LogP contribution in [0, 0.1) is 11.7 Å². The molecule has 1 aromatic heterocycles. The zero-order chi connectivity index (χ0) is 16.3. The van der Waals surface area contributed by atoms with Crippen LogP contribution in [0.2, 0.25) is 0 Å². The van der Waals surface area contributed by atoms with Crippen LogP contribution in [-0.4, -0.2) is 34.2 Å². The van der Waals surface area contributed by atoms with Crippen molar-refractivity contribution in [2.45, 2.75) is 26.3 Å². The first-order valence-corrected chi connectivity index (χ1v) is 6.90. The van der Waals surface area contributed by atoms with Gasteiger partial charge < -0.3 is 15.2 Å². The van der Waals surface area contributed by atoms with Gasteiger partial charge in [-0.05, 0) is 24.5 Å². The second kappa shape index (κ2) is 6.55. The summed E-state index contributed by atoms with van der Waals surface area (Å²) < 4.78 is 19.1. The van der Waals surface area contributed by atoms with E-state index in [1.165, 1.54) is 19.5 Å². The van der Waals surface area contributed by atoms with Crippen molar-refractivity contribution in [1.29, 1.82) is 0 Å². The molecular weight excluding hydrogens is 289 g/mol. The zero-order valence-corrected chi connectivity index (χ0v) is 12.6. The van der Waals surface area contributed by atoms with Crippen molar-refractivity contribution in [3.63, 3.8) is 0 Å². The molecule has 2 rings (SSSR count). The number of benzene rings is 1. The molecule has 2 aromatic rings. The van der Waals surface area contributed by atoms with E-state index in [9.17, 15) is 14.3 Å². The number of ether oxygens (including phenoxy) is 1. The Morgan fingerprint density at radius 1 is 1.41 bits per heavy atom. The first kappa shape index (κ1) is 15.9. The number of hydrogen-bond donors (Lipinski definition) is 2. The van der Waals surface area contributed by atoms with E-state index in [0.29, 0.717) is 17.6 Å². The largest absolute Gasteiger partial charge is 0.494 e. The topological polar surface area (TPSA) is 84.3 Å². The van der Waals surface area contributed by atoms with E-state index < -0.39 is 17.8 Å². The second-order valence-electron chi connectivity index (χ2n) is 5.36. The summed E-state index contributed by atoms with van der Waals surface area (Å²) in [6, 6.07) is 2.27. The van der Waals surface area contributed by atoms with E-state index >= 15 is 0 Å². The van der Waals surface area contributed by atoms with Crippen LogP contribution in [0.25, 0.3) is 10.9 Å². The average Bonchev–Trinajstić information content (AvgIpc) is 2.47. The number of carboxylic acid groups (broad SMARTS) is 1. The summed E-state index contributed by atoms with van der Waals surface area (Å²) in [6.07, 6.45) is 1.63. The maximum atomic E-state index is 14.2. The summed E-state index contributed by atoms with van der Waals surface area (Å²) in [6.45, 7) is 3.86. The molecule has 2 N–H and O–H groups in total. The van der Waals surface area contributed by atoms with Crippen molar-refractivity contribution in [2.75, 3.05) is 12.4 Å². The van der Waals surface area contributed by atoms with E-state index in [1.807, 2.05) is 13.8 Å². The van der Waals surface area contributed by atoms with E-state index in [2.05, 4.69) is 15.3 Å². The molecule has 6 nitrogen and oxygen atoms in total. The molecule has 1 aromatic carbocycles. The van der Waals surface area contributed by atoms with Crippen molar-refractivity contribution in [1.82, 2.24) is 9.97 Å². The smallest absolute Gasteiger partial charge is 0.326 e. The number of nitrogens with one attached hydrogen (secondary N) is 1. The lowest BCUT2D eigenvalue weighted by Crippen LogP contribution is -2.31. The van der Waals surface area contributed by atoms with Gasteiger partial charge in [0.15, 0.2) is 11.6 Å². The lowest BCUT2D eigenvalue weighted by atomic mass is 10.0. The highest BCUT2D eigenvalue weighted by Gasteiger charge is 2.21. The molecule has 0 saturated heterocycles. The van der Waals surface area contributed by atoms with E-state index in [4.69, 9.17) is 4.74 Å². The number of fused-ring (bicyclic) bond motifs is 1. The number of aromatic nitrogens is 2. The molecule has 0 unspecified atom stereocenters. The van der Waals surface area contributed by atoms with Crippen molar-refractivity contribution in [3.8, 4) is 5.75 Å². The second-order valence-corrected chi connectivity index (χ2v) is 5.36. The van der Waals surface area contributed by atoms with Crippen LogP contribution >= 0.6 is 0 Å². The summed E-state index contributed by atoms with van der Waals surface area (Å²) in [4.78, 5) is 19.3. The number of methoxy groups -OCH3 is 1. The van der Waals surface area contributed by atoms with Crippen LogP contribution in [0.1, 0.15) is 20.3 Å². The maximum absolute atomic E-state index is 14.2. The molecule has 7 heteroatoms. The fourth-order valence-corrected chi connectivity index (χ4v) is 2.21. The van der Waals surface area contributed by atoms with Gasteiger partial charge in [-0.2, -0.15) is 0 Å². The predicted molar refractivity (Wildman–Crippen MR) is 80.5 cm³/mol. The molecule has 0 radical (unpaired) electrons. The third-order valence-electron chi connectivity index (χ3n) is 3.25. The third-order valence-corrected chi connectivity index (χ3v) is 3.25. The number of carbonyl (C=O) groups is 1. The van der Waals surface area contributed by atoms with Crippen LogP contribution in [0.15, 0.2) is 18.5 Å². The number of anilines is 1. The lowest BCUT2D eigenvalue weighted by Gasteiger charge is -2.18. The Bertz CT molecular complexity index is 691. The Morgan fingerprint density at radius 3 is 2.73 bits per heavy atom. The minimum atomic E-state index is -0.977. The monoisotopic (exact) mass is 307 g/mol. The molecule has 1 heterocycles. The van der Waals surface area contributed by atoms with Crippen molar-refractivity contribution in [2.24, 2.45) is 5.92 Å². The third kappa shape index (κ3) is 3.24. The number of hydrogen-bond acceptors (Lipinski definition) is 5. The summed E-state index contributed by atoms with van der Waals surface area (Å²) in [7, 11) is 1.37. The van der Waals surface area contributed by atoms with Crippen molar-refractivity contribution >= 4 is 22.7 Å². The molecule has 0 fully saturated rings. The van der Waals surface area contributed by atoms with E-state index in [0.717, 1.165) is 0 Å². The quantitative estimate of drug-likeness (QED) is 0.853. The molecule has 0 saturated carbocycles. The number of halogens is 1. The van der Waals surface area contributed by atoms with Gasteiger partial charge in [0.2, 0.25) is 0 Å². The molecule has 1 atom stereocenters. The standard InChI is InChI=1S/C15H18FN3O3/c1-8(2)6-10(15(20)21)19-14-9-4-5-11(22-3)12(16)13(9)17-7-18-14/h4-5,7-8,10H,6H2,1-3H3,(H,20,21)(H,17,18,19)/t10-/m0/s1. The Morgan fingerprint density at radius 2 is 2.14 bits per heavy atom. The number of carboxylic acids is 1. The summed E-state index contributed by atoms with van der Waals surface area (Å²) in [5.74, 6) is -1.01. The fourth-order valence-electron chi connectivity index (χ4n) is 2.21. The van der Waals surface area contributed by atoms with Crippen LogP contribution < -0.4 is 10.1 Å². The molecule has 0 amide bonds. The fraction of sp³-hybridized carbons (Fsp3) is 0.400. The van der Waals surface area contributed by atoms with Crippen molar-refractivity contribution < 1.29 is 19.0 Å². The minimum absolute atomic E-state index is 0.0779. The number of rotatable bonds is 6. The molecule has 0 bridgehead atoms. The Labute approximate surface area is 127 Å². The van der Waals surface area contributed by atoms with Crippen LogP contribution in [-0.2, 0) is 4.79 Å². The molecule has 0 aliphatic rings. The first-order chi connectivity index (χ1) is 10.4. The van der Waals surface area contributed by atoms with Gasteiger partial charge >= 0.3 is 5.97 Å². The molecule has 118 valence electrons. The molecular formula is C15H18FN3O3. The van der Waals surface area contributed by atoms with Gasteiger partial charge in [-0.1, -0.05) is 13.8 Å².